The first kappa shape index (κ1) is 43.1. The summed E-state index contributed by atoms with van der Waals surface area (Å²) < 4.78 is 8.43. The molecule has 14 nitrogen and oxygen atoms in total. The van der Waals surface area contributed by atoms with Gasteiger partial charge in [0.25, 0.3) is 6.47 Å². The number of imidazole rings is 2. The zero-order chi connectivity index (χ0) is 41.8. The fraction of sp³-hybridized carbons (Fsp3) is 0.289. The molecule has 2 atom stereocenters. The van der Waals surface area contributed by atoms with E-state index >= 15 is 0 Å². The molecule has 306 valence electrons. The van der Waals surface area contributed by atoms with Gasteiger partial charge in [-0.3, -0.25) is 14.4 Å². The summed E-state index contributed by atoms with van der Waals surface area (Å²) in [5.74, 6) is 7.94. The van der Waals surface area contributed by atoms with E-state index in [4.69, 9.17) is 14.8 Å². The number of amides is 3. The fourth-order valence-corrected chi connectivity index (χ4v) is 6.55. The van der Waals surface area contributed by atoms with E-state index in [1.165, 1.54) is 14.2 Å². The summed E-state index contributed by atoms with van der Waals surface area (Å²) in [5.41, 5.74) is 6.12. The Balaban J connectivity index is 0.000000585. The van der Waals surface area contributed by atoms with E-state index in [0.29, 0.717) is 19.6 Å². The van der Waals surface area contributed by atoms with Crippen molar-refractivity contribution in [3.05, 3.63) is 131 Å². The zero-order valence-electron chi connectivity index (χ0n) is 33.5. The second-order valence-corrected chi connectivity index (χ2v) is 13.5. The molecule has 6 aromatic rings. The number of aryl methyl sites for hydroxylation is 1. The highest BCUT2D eigenvalue weighted by atomic mass is 16.5. The number of aromatic amines is 2. The van der Waals surface area contributed by atoms with Crippen LogP contribution in [0.4, 0.5) is 4.79 Å². The number of likely N-dealkylation sites (N-methyl/N-ethyl adjacent to an activating group) is 1. The van der Waals surface area contributed by atoms with Gasteiger partial charge in [-0.05, 0) is 74.7 Å². The summed E-state index contributed by atoms with van der Waals surface area (Å²) >= 11 is 0. The summed E-state index contributed by atoms with van der Waals surface area (Å²) in [6.07, 6.45) is 3.53. The molecular weight excluding hydrogens is 749 g/mol. The van der Waals surface area contributed by atoms with E-state index in [2.05, 4.69) is 47.2 Å². The van der Waals surface area contributed by atoms with Crippen LogP contribution >= 0.6 is 0 Å². The van der Waals surface area contributed by atoms with Crippen molar-refractivity contribution in [1.82, 2.24) is 40.8 Å². The van der Waals surface area contributed by atoms with Crippen molar-refractivity contribution in [2.24, 2.45) is 0 Å². The first-order valence-electron chi connectivity index (χ1n) is 19.4. The van der Waals surface area contributed by atoms with Gasteiger partial charge < -0.3 is 40.3 Å². The number of aromatic nitrogens is 4. The molecule has 2 aromatic heterocycles. The lowest BCUT2D eigenvalue weighted by Crippen LogP contribution is -2.40. The smallest absolute Gasteiger partial charge is 0.407 e. The number of likely N-dealkylation sites (tertiary alicyclic amines) is 1. The standard InChI is InChI=1S/C37H40N8O4.C6H6.C2H4O2/c1-38-34(26-9-4-3-5-10-26)36(47)39-19-7-6-12-32-41-27-17-15-24(21-29(27)42-32)13-14-25-16-18-28-30(22-25)44-35(43-28)31-11-8-20-45(31)33(46)23-40-37(48)49-2;1-2-4-6-5-3-1;1-4-2-3/h3-5,9-10,15-18,21-22,31,34,38H,6-8,11-12,19-20,23H2,1-2H3,(H,39,47)(H,40,48)(H,41,42)(H,43,44);1-6H;2H,1H3. The van der Waals surface area contributed by atoms with Gasteiger partial charge in [0.2, 0.25) is 11.8 Å². The molecule has 4 aromatic carbocycles. The second-order valence-electron chi connectivity index (χ2n) is 13.5. The zero-order valence-corrected chi connectivity index (χ0v) is 33.5. The molecule has 0 bridgehead atoms. The SMILES string of the molecule is CNC(C(=O)NCCCCc1nc2ccc(C#Cc3ccc4nc(C5CCCN5C(=O)CNC(=O)OC)[nH]c4c3)cc2[nH]1)c1ccccc1.COC=O.c1ccccc1. The molecule has 1 fully saturated rings. The van der Waals surface area contributed by atoms with Crippen molar-refractivity contribution in [3.63, 3.8) is 0 Å². The lowest BCUT2D eigenvalue weighted by molar-refractivity contribution is -0.131. The van der Waals surface area contributed by atoms with E-state index in [0.717, 1.165) is 82.5 Å². The molecule has 1 aliphatic rings. The number of benzene rings is 4. The van der Waals surface area contributed by atoms with Gasteiger partial charge in [-0.1, -0.05) is 78.6 Å². The van der Waals surface area contributed by atoms with E-state index in [9.17, 15) is 14.4 Å². The number of carbonyl (C=O) groups excluding carboxylic acids is 4. The van der Waals surface area contributed by atoms with Crippen molar-refractivity contribution >= 4 is 46.4 Å². The number of H-pyrrole nitrogens is 2. The Morgan fingerprint density at radius 3 is 2.07 bits per heavy atom. The highest BCUT2D eigenvalue weighted by molar-refractivity contribution is 5.84. The summed E-state index contributed by atoms with van der Waals surface area (Å²) in [7, 11) is 4.37. The summed E-state index contributed by atoms with van der Waals surface area (Å²) in [4.78, 5) is 63.8. The molecule has 0 saturated carbocycles. The molecule has 0 radical (unpaired) electrons. The minimum Gasteiger partial charge on any atom is -0.471 e. The Morgan fingerprint density at radius 2 is 1.46 bits per heavy atom. The van der Waals surface area contributed by atoms with Crippen molar-refractivity contribution < 1.29 is 28.7 Å². The highest BCUT2D eigenvalue weighted by Crippen LogP contribution is 2.31. The van der Waals surface area contributed by atoms with Gasteiger partial charge in [-0.15, -0.1) is 0 Å². The molecule has 1 saturated heterocycles. The second kappa shape index (κ2) is 22.7. The molecule has 3 amide bonds. The molecule has 1 aliphatic heterocycles. The average Bonchev–Trinajstić information content (AvgIpc) is 4.04. The molecule has 0 aliphatic carbocycles. The number of ether oxygens (including phenoxy) is 2. The summed E-state index contributed by atoms with van der Waals surface area (Å²) in [5, 5.41) is 8.58. The summed E-state index contributed by atoms with van der Waals surface area (Å²) in [6.45, 7) is 1.46. The Morgan fingerprint density at radius 1 is 0.847 bits per heavy atom. The number of methoxy groups -OCH3 is 2. The van der Waals surface area contributed by atoms with E-state index in [1.54, 1.807) is 11.9 Å². The van der Waals surface area contributed by atoms with Crippen LogP contribution < -0.4 is 16.0 Å². The van der Waals surface area contributed by atoms with Gasteiger partial charge >= 0.3 is 6.09 Å². The van der Waals surface area contributed by atoms with Crippen LogP contribution in [0.1, 0.15) is 66.1 Å². The molecule has 3 heterocycles. The Kier molecular flexibility index (Phi) is 16.6. The van der Waals surface area contributed by atoms with Crippen LogP contribution in [0.15, 0.2) is 103 Å². The maximum atomic E-state index is 12.8. The first-order chi connectivity index (χ1) is 28.8. The molecule has 2 unspecified atom stereocenters. The lowest BCUT2D eigenvalue weighted by Gasteiger charge is -2.23. The Labute approximate surface area is 343 Å². The van der Waals surface area contributed by atoms with E-state index in [1.807, 2.05) is 103 Å². The normalized spacial score (nSPS) is 13.4. The Hall–Kier alpha value is -6.98. The first-order valence-corrected chi connectivity index (χ1v) is 19.4. The number of hydrogen-bond donors (Lipinski definition) is 5. The molecule has 0 spiro atoms. The number of fused-ring (bicyclic) bond motifs is 2. The van der Waals surface area contributed by atoms with Gasteiger partial charge in [0.1, 0.15) is 24.2 Å². The predicted molar refractivity (Wildman–Crippen MR) is 226 cm³/mol. The number of hydrogen-bond acceptors (Lipinski definition) is 9. The maximum absolute atomic E-state index is 12.8. The largest absolute Gasteiger partial charge is 0.471 e. The van der Waals surface area contributed by atoms with Gasteiger partial charge in [0.05, 0.1) is 42.3 Å². The van der Waals surface area contributed by atoms with E-state index in [-0.39, 0.29) is 30.4 Å². The fourth-order valence-electron chi connectivity index (χ4n) is 6.55. The van der Waals surface area contributed by atoms with Crippen molar-refractivity contribution in [2.45, 2.75) is 44.2 Å². The van der Waals surface area contributed by atoms with Crippen LogP contribution in [0.25, 0.3) is 22.1 Å². The molecule has 5 N–H and O–H groups in total. The minimum absolute atomic E-state index is 0.0307. The number of carbonyl (C=O) groups is 4. The van der Waals surface area contributed by atoms with Gasteiger partial charge in [0.15, 0.2) is 0 Å². The van der Waals surface area contributed by atoms with Crippen LogP contribution in [-0.2, 0) is 30.3 Å². The monoisotopic (exact) mass is 798 g/mol. The molecule has 7 rings (SSSR count). The van der Waals surface area contributed by atoms with Gasteiger partial charge in [-0.25, -0.2) is 14.8 Å². The predicted octanol–water partition coefficient (Wildman–Crippen LogP) is 5.73. The number of rotatable bonds is 12. The van der Waals surface area contributed by atoms with Crippen LogP contribution in [0.3, 0.4) is 0 Å². The summed E-state index contributed by atoms with van der Waals surface area (Å²) in [6, 6.07) is 32.9. The molecular formula is C45H50N8O6. The number of alkyl carbamates (subject to hydrolysis) is 1. The number of unbranched alkanes of at least 4 members (excludes halogenated alkanes) is 1. The molecule has 59 heavy (non-hydrogen) atoms. The van der Waals surface area contributed by atoms with Crippen molar-refractivity contribution in [2.75, 3.05) is 40.9 Å². The van der Waals surface area contributed by atoms with Gasteiger partial charge in [-0.2, -0.15) is 0 Å². The topological polar surface area (TPSA) is 183 Å². The van der Waals surface area contributed by atoms with Crippen LogP contribution in [0.5, 0.6) is 0 Å². The third-order valence-electron chi connectivity index (χ3n) is 9.43. The average molecular weight is 799 g/mol. The van der Waals surface area contributed by atoms with Crippen molar-refractivity contribution in [3.8, 4) is 11.8 Å². The molecule has 14 heteroatoms. The number of nitrogens with zero attached hydrogens (tertiary/aromatic N) is 3. The van der Waals surface area contributed by atoms with E-state index < -0.39 is 6.09 Å². The highest BCUT2D eigenvalue weighted by Gasteiger charge is 2.32. The lowest BCUT2D eigenvalue weighted by atomic mass is 10.1. The third-order valence-corrected chi connectivity index (χ3v) is 9.43. The maximum Gasteiger partial charge on any atom is 0.407 e. The minimum atomic E-state index is -0.635. The third kappa shape index (κ3) is 12.8. The quantitative estimate of drug-likeness (QED) is 0.0586. The van der Waals surface area contributed by atoms with Crippen LogP contribution in [-0.4, -0.2) is 90.1 Å². The Bertz CT molecular complexity index is 2310. The van der Waals surface area contributed by atoms with Crippen molar-refractivity contribution in [1.29, 1.82) is 0 Å². The number of nitrogens with one attached hydrogen (secondary N) is 5. The van der Waals surface area contributed by atoms with Crippen LogP contribution in [0.2, 0.25) is 0 Å². The van der Waals surface area contributed by atoms with Crippen LogP contribution in [0, 0.1) is 11.8 Å². The van der Waals surface area contributed by atoms with Gasteiger partial charge in [0, 0.05) is 30.6 Å².